The molecule has 5 atom stereocenters. The third-order valence-electron chi connectivity index (χ3n) is 11.7. The molecule has 0 aromatic carbocycles. The highest BCUT2D eigenvalue weighted by Crippen LogP contribution is 2.49. The molecule has 0 bridgehead atoms. The van der Waals surface area contributed by atoms with Gasteiger partial charge in [0.15, 0.2) is 0 Å². The molecule has 2 aromatic rings. The predicted molar refractivity (Wildman–Crippen MR) is 202 cm³/mol. The number of pyridine rings is 2. The number of carbonyl (C=O) groups excluding carboxylic acids is 4. The Morgan fingerprint density at radius 2 is 1.84 bits per heavy atom. The first-order valence-electron chi connectivity index (χ1n) is 19.3. The number of methoxy groups -OCH3 is 1. The summed E-state index contributed by atoms with van der Waals surface area (Å²) >= 11 is 0. The maximum Gasteiger partial charge on any atom is 0.408 e. The molecule has 2 aliphatic carbocycles. The number of allylic oxidation sites excluding steroid dienone is 1. The second-order valence-electron chi connectivity index (χ2n) is 17.1. The summed E-state index contributed by atoms with van der Waals surface area (Å²) in [5.74, 6) is -1.34. The van der Waals surface area contributed by atoms with Crippen LogP contribution in [0.2, 0.25) is 0 Å². The van der Waals surface area contributed by atoms with Gasteiger partial charge in [-0.05, 0) is 92.1 Å². The van der Waals surface area contributed by atoms with Gasteiger partial charge in [-0.2, -0.15) is 0 Å². The SMILES string of the molecule is COc1ccc2nc(C)c3c(c2n1)CC[C@]1(C[C@H]2C(=O)N[C@]4(C(=O)NS(=O)(=O)C5(C)CC5)C[C@H]4/C=C\CCCCC[C@H](NC(=O)OC(C)(C)C)C(=O)N2C1)O3. The number of aromatic nitrogens is 2. The van der Waals surface area contributed by atoms with E-state index in [4.69, 9.17) is 19.2 Å². The van der Waals surface area contributed by atoms with Crippen LogP contribution >= 0.6 is 0 Å². The van der Waals surface area contributed by atoms with E-state index in [1.54, 1.807) is 40.9 Å². The highest BCUT2D eigenvalue weighted by Gasteiger charge is 2.64. The number of hydrogen-bond donors (Lipinski definition) is 3. The Morgan fingerprint density at radius 1 is 1.07 bits per heavy atom. The minimum atomic E-state index is -3.99. The van der Waals surface area contributed by atoms with Crippen molar-refractivity contribution in [3.63, 3.8) is 0 Å². The van der Waals surface area contributed by atoms with Gasteiger partial charge < -0.3 is 29.7 Å². The molecular formula is C39H52N6O9S. The van der Waals surface area contributed by atoms with Gasteiger partial charge in [-0.1, -0.05) is 25.0 Å². The van der Waals surface area contributed by atoms with Crippen LogP contribution in [0.1, 0.15) is 103 Å². The Hall–Kier alpha value is -4.47. The quantitative estimate of drug-likeness (QED) is 0.373. The Balaban J connectivity index is 1.24. The highest BCUT2D eigenvalue weighted by molar-refractivity contribution is 7.91. The number of amides is 4. The molecule has 7 rings (SSSR count). The summed E-state index contributed by atoms with van der Waals surface area (Å²) in [5.41, 5.74) is -0.525. The molecule has 3 N–H and O–H groups in total. The van der Waals surface area contributed by atoms with Crippen LogP contribution in [0.15, 0.2) is 24.3 Å². The van der Waals surface area contributed by atoms with Crippen LogP contribution in [0.4, 0.5) is 4.79 Å². The normalized spacial score (nSPS) is 29.6. The van der Waals surface area contributed by atoms with Gasteiger partial charge in [-0.25, -0.2) is 23.2 Å². The summed E-state index contributed by atoms with van der Waals surface area (Å²) in [6, 6.07) is 1.47. The zero-order chi connectivity index (χ0) is 39.6. The van der Waals surface area contributed by atoms with Crippen molar-refractivity contribution in [1.29, 1.82) is 0 Å². The Bertz CT molecular complexity index is 2060. The van der Waals surface area contributed by atoms with E-state index in [1.807, 2.05) is 25.1 Å². The van der Waals surface area contributed by atoms with Gasteiger partial charge in [-0.3, -0.25) is 19.1 Å². The molecule has 5 aliphatic rings. The fraction of sp³-hybridized carbons (Fsp3) is 0.641. The van der Waals surface area contributed by atoms with Crippen molar-refractivity contribution in [1.82, 2.24) is 30.2 Å². The van der Waals surface area contributed by atoms with Gasteiger partial charge in [0.1, 0.15) is 34.6 Å². The van der Waals surface area contributed by atoms with Crippen molar-refractivity contribution in [3.8, 4) is 11.6 Å². The molecule has 1 spiro atoms. The average molecular weight is 781 g/mol. The van der Waals surface area contributed by atoms with E-state index in [9.17, 15) is 27.6 Å². The third kappa shape index (κ3) is 7.58. The molecule has 1 saturated heterocycles. The third-order valence-corrected chi connectivity index (χ3v) is 13.8. The topological polar surface area (TPSA) is 195 Å². The lowest BCUT2D eigenvalue weighted by Crippen LogP contribution is -2.58. The van der Waals surface area contributed by atoms with Crippen LogP contribution < -0.4 is 24.8 Å². The summed E-state index contributed by atoms with van der Waals surface area (Å²) in [6.07, 6.45) is 8.40. The van der Waals surface area contributed by atoms with Gasteiger partial charge in [0.2, 0.25) is 27.7 Å². The van der Waals surface area contributed by atoms with Crippen LogP contribution in [0.5, 0.6) is 11.6 Å². The molecule has 2 saturated carbocycles. The zero-order valence-corrected chi connectivity index (χ0v) is 33.3. The summed E-state index contributed by atoms with van der Waals surface area (Å²) in [6.45, 7) is 8.67. The fourth-order valence-corrected chi connectivity index (χ4v) is 9.41. The van der Waals surface area contributed by atoms with Crippen LogP contribution in [-0.4, -0.2) is 94.3 Å². The number of alkyl carbamates (subject to hydrolysis) is 1. The van der Waals surface area contributed by atoms with Crippen molar-refractivity contribution in [2.75, 3.05) is 13.7 Å². The first-order chi connectivity index (χ1) is 25.9. The van der Waals surface area contributed by atoms with Crippen LogP contribution in [-0.2, 0) is 35.6 Å². The maximum absolute atomic E-state index is 14.7. The van der Waals surface area contributed by atoms with Crippen LogP contribution in [0.3, 0.4) is 0 Å². The molecule has 298 valence electrons. The number of ether oxygens (including phenoxy) is 3. The van der Waals surface area contributed by atoms with Crippen molar-refractivity contribution in [3.05, 3.63) is 35.5 Å². The van der Waals surface area contributed by atoms with E-state index in [0.29, 0.717) is 73.3 Å². The summed E-state index contributed by atoms with van der Waals surface area (Å²) < 4.78 is 45.4. The van der Waals surface area contributed by atoms with E-state index >= 15 is 0 Å². The number of hydrogen-bond acceptors (Lipinski definition) is 11. The maximum atomic E-state index is 14.7. The van der Waals surface area contributed by atoms with Crippen LogP contribution in [0.25, 0.3) is 11.0 Å². The van der Waals surface area contributed by atoms with E-state index < -0.39 is 73.3 Å². The molecule has 2 aromatic heterocycles. The molecule has 3 fully saturated rings. The number of rotatable bonds is 5. The lowest BCUT2D eigenvalue weighted by molar-refractivity contribution is -0.141. The molecule has 0 unspecified atom stereocenters. The second-order valence-corrected chi connectivity index (χ2v) is 19.3. The lowest BCUT2D eigenvalue weighted by Gasteiger charge is -2.36. The molecule has 3 aliphatic heterocycles. The minimum Gasteiger partial charge on any atom is -0.483 e. The molecule has 55 heavy (non-hydrogen) atoms. The monoisotopic (exact) mass is 780 g/mol. The van der Waals surface area contributed by atoms with Crippen molar-refractivity contribution < 1.29 is 41.8 Å². The van der Waals surface area contributed by atoms with Crippen molar-refractivity contribution in [2.45, 2.75) is 139 Å². The second kappa shape index (κ2) is 13.9. The summed E-state index contributed by atoms with van der Waals surface area (Å²) in [5, 5.41) is 5.72. The van der Waals surface area contributed by atoms with Gasteiger partial charge in [0.25, 0.3) is 5.91 Å². The Morgan fingerprint density at radius 3 is 2.55 bits per heavy atom. The molecule has 16 heteroatoms. The number of fused-ring (bicyclic) bond motifs is 5. The first kappa shape index (κ1) is 38.8. The number of nitrogens with one attached hydrogen (secondary N) is 3. The molecule has 15 nitrogen and oxygen atoms in total. The van der Waals surface area contributed by atoms with Crippen molar-refractivity contribution >= 4 is 44.9 Å². The lowest BCUT2D eigenvalue weighted by atomic mass is 9.88. The van der Waals surface area contributed by atoms with Crippen LogP contribution in [0, 0.1) is 12.8 Å². The number of carbonyl (C=O) groups is 4. The zero-order valence-electron chi connectivity index (χ0n) is 32.5. The molecule has 4 amide bonds. The van der Waals surface area contributed by atoms with E-state index in [1.165, 1.54) is 4.90 Å². The van der Waals surface area contributed by atoms with E-state index in [2.05, 4.69) is 20.3 Å². The average Bonchev–Trinajstić information content (AvgIpc) is 4.01. The molecule has 5 heterocycles. The van der Waals surface area contributed by atoms with Crippen molar-refractivity contribution in [2.24, 2.45) is 5.92 Å². The van der Waals surface area contributed by atoms with E-state index in [-0.39, 0.29) is 19.4 Å². The first-order valence-corrected chi connectivity index (χ1v) is 20.8. The molecular weight excluding hydrogens is 729 g/mol. The van der Waals surface area contributed by atoms with E-state index in [0.717, 1.165) is 18.4 Å². The number of nitrogens with zero attached hydrogens (tertiary/aromatic N) is 3. The fourth-order valence-electron chi connectivity index (χ4n) is 8.09. The Kier molecular flexibility index (Phi) is 9.82. The predicted octanol–water partition coefficient (Wildman–Crippen LogP) is 3.90. The number of aryl methyl sites for hydroxylation is 2. The molecule has 0 radical (unpaired) electrons. The summed E-state index contributed by atoms with van der Waals surface area (Å²) in [7, 11) is -2.45. The highest BCUT2D eigenvalue weighted by atomic mass is 32.2. The summed E-state index contributed by atoms with van der Waals surface area (Å²) in [4.78, 5) is 67.2. The minimum absolute atomic E-state index is 0.0220. The van der Waals surface area contributed by atoms with Gasteiger partial charge >= 0.3 is 6.09 Å². The van der Waals surface area contributed by atoms with Gasteiger partial charge in [0, 0.05) is 24.0 Å². The Labute approximate surface area is 321 Å². The van der Waals surface area contributed by atoms with Gasteiger partial charge in [-0.15, -0.1) is 0 Å². The standard InChI is InChI=1S/C39H52N6O9S/c1-23-31-25(30-26(40-23)14-15-29(42-30)52-6)16-17-38(53-31)21-28-32(46)43-39(34(48)44-55(50,51)37(5)18-19-37)20-24(39)12-10-8-7-9-11-13-27(33(47)45(28)22-38)41-35(49)54-36(2,3)4/h10,12,14-15,24,27-28H,7-9,11,13,16-22H2,1-6H3,(H,41,49)(H,43,46)(H,44,48)/b12-10-/t24-,27+,28+,38-,39-/m1/s1. The smallest absolute Gasteiger partial charge is 0.408 e. The largest absolute Gasteiger partial charge is 0.483 e. The van der Waals surface area contributed by atoms with Gasteiger partial charge in [0.05, 0.1) is 35.1 Å². The number of sulfonamides is 1.